The first kappa shape index (κ1) is 15.0. The number of carbonyl (C=O) groups is 2. The number of ether oxygens (including phenoxy) is 1. The van der Waals surface area contributed by atoms with Gasteiger partial charge in [0.1, 0.15) is 6.61 Å². The van der Waals surface area contributed by atoms with E-state index in [0.29, 0.717) is 16.3 Å². The van der Waals surface area contributed by atoms with Gasteiger partial charge in [-0.25, -0.2) is 4.79 Å². The van der Waals surface area contributed by atoms with Crippen molar-refractivity contribution in [1.29, 1.82) is 0 Å². The quantitative estimate of drug-likeness (QED) is 0.792. The number of rotatable bonds is 5. The Hall–Kier alpha value is -2.38. The van der Waals surface area contributed by atoms with E-state index in [1.54, 1.807) is 36.4 Å². The highest BCUT2D eigenvalue weighted by Gasteiger charge is 2.08. The van der Waals surface area contributed by atoms with Crippen molar-refractivity contribution in [2.45, 2.75) is 0 Å². The summed E-state index contributed by atoms with van der Waals surface area (Å²) in [7, 11) is 0. The highest BCUT2D eigenvalue weighted by atomic mass is 32.1. The van der Waals surface area contributed by atoms with E-state index < -0.39 is 6.09 Å². The fraction of sp³-hybridized carbons (Fsp3) is 0.143. The van der Waals surface area contributed by atoms with E-state index in [0.717, 1.165) is 0 Å². The number of thiophene rings is 1. The third-order valence-electron chi connectivity index (χ3n) is 2.44. The molecule has 21 heavy (non-hydrogen) atoms. The summed E-state index contributed by atoms with van der Waals surface area (Å²) in [6, 6.07) is 10.2. The number of nitrogens with one attached hydrogen (secondary N) is 2. The Balaban J connectivity index is 1.97. The molecular formula is C14H14N2O4S. The summed E-state index contributed by atoms with van der Waals surface area (Å²) in [4.78, 5) is 23.9. The van der Waals surface area contributed by atoms with Gasteiger partial charge in [-0.1, -0.05) is 12.1 Å². The van der Waals surface area contributed by atoms with E-state index in [4.69, 9.17) is 5.11 Å². The molecule has 0 saturated heterocycles. The second-order valence-electron chi connectivity index (χ2n) is 4.00. The Bertz CT molecular complexity index is 613. The van der Waals surface area contributed by atoms with Crippen molar-refractivity contribution < 1.29 is 19.4 Å². The topological polar surface area (TPSA) is 87.7 Å². The van der Waals surface area contributed by atoms with Crippen molar-refractivity contribution in [2.24, 2.45) is 0 Å². The average molecular weight is 306 g/mol. The van der Waals surface area contributed by atoms with Crippen LogP contribution in [0.25, 0.3) is 0 Å². The molecule has 7 heteroatoms. The molecule has 2 amide bonds. The van der Waals surface area contributed by atoms with E-state index >= 15 is 0 Å². The molecule has 6 nitrogen and oxygen atoms in total. The molecule has 0 aliphatic rings. The van der Waals surface area contributed by atoms with Crippen LogP contribution < -0.4 is 10.6 Å². The molecule has 2 aromatic rings. The van der Waals surface area contributed by atoms with Gasteiger partial charge in [0.15, 0.2) is 0 Å². The highest BCUT2D eigenvalue weighted by Crippen LogP contribution is 2.17. The van der Waals surface area contributed by atoms with E-state index in [9.17, 15) is 9.59 Å². The summed E-state index contributed by atoms with van der Waals surface area (Å²) in [6.45, 7) is -0.301. The van der Waals surface area contributed by atoms with Crippen molar-refractivity contribution in [3.05, 3.63) is 46.7 Å². The first-order valence-electron chi connectivity index (χ1n) is 6.18. The van der Waals surface area contributed by atoms with E-state index in [-0.39, 0.29) is 19.1 Å². The van der Waals surface area contributed by atoms with Crippen LogP contribution in [0.3, 0.4) is 0 Å². The molecule has 1 aromatic carbocycles. The third-order valence-corrected chi connectivity index (χ3v) is 3.30. The van der Waals surface area contributed by atoms with Gasteiger partial charge in [0.25, 0.3) is 5.91 Å². The Morgan fingerprint density at radius 3 is 2.57 bits per heavy atom. The van der Waals surface area contributed by atoms with Crippen LogP contribution in [0, 0.1) is 0 Å². The van der Waals surface area contributed by atoms with Crippen LogP contribution >= 0.6 is 11.3 Å². The van der Waals surface area contributed by atoms with Crippen molar-refractivity contribution in [2.75, 3.05) is 23.8 Å². The second-order valence-corrected chi connectivity index (χ2v) is 4.94. The van der Waals surface area contributed by atoms with Gasteiger partial charge in [-0.15, -0.1) is 11.3 Å². The molecule has 0 fully saturated rings. The summed E-state index contributed by atoms with van der Waals surface area (Å²) < 4.78 is 4.69. The van der Waals surface area contributed by atoms with Crippen LogP contribution in [0.15, 0.2) is 41.8 Å². The van der Waals surface area contributed by atoms with Gasteiger partial charge in [0, 0.05) is 11.4 Å². The van der Waals surface area contributed by atoms with Crippen LogP contribution in [-0.4, -0.2) is 30.3 Å². The maximum absolute atomic E-state index is 11.9. The lowest BCUT2D eigenvalue weighted by atomic mass is 10.2. The first-order chi connectivity index (χ1) is 10.2. The SMILES string of the molecule is O=C(Nc1cccc(NC(=O)c2cccs2)c1)OCCO. The number of aliphatic hydroxyl groups is 1. The Labute approximate surface area is 125 Å². The molecule has 0 bridgehead atoms. The van der Waals surface area contributed by atoms with Crippen LogP contribution in [0.2, 0.25) is 0 Å². The fourth-order valence-electron chi connectivity index (χ4n) is 1.57. The van der Waals surface area contributed by atoms with Crippen LogP contribution in [0.1, 0.15) is 9.67 Å². The smallest absolute Gasteiger partial charge is 0.411 e. The summed E-state index contributed by atoms with van der Waals surface area (Å²) in [5.41, 5.74) is 1.05. The van der Waals surface area contributed by atoms with Crippen LogP contribution in [0.4, 0.5) is 16.2 Å². The minimum absolute atomic E-state index is 0.0688. The molecule has 110 valence electrons. The second kappa shape index (κ2) is 7.41. The van der Waals surface area contributed by atoms with Crippen molar-refractivity contribution >= 4 is 34.7 Å². The molecule has 3 N–H and O–H groups in total. The first-order valence-corrected chi connectivity index (χ1v) is 7.06. The summed E-state index contributed by atoms with van der Waals surface area (Å²) in [6.07, 6.45) is -0.661. The van der Waals surface area contributed by atoms with E-state index in [1.807, 2.05) is 5.38 Å². The van der Waals surface area contributed by atoms with Gasteiger partial charge < -0.3 is 15.2 Å². The van der Waals surface area contributed by atoms with E-state index in [1.165, 1.54) is 11.3 Å². The molecule has 0 unspecified atom stereocenters. The highest BCUT2D eigenvalue weighted by molar-refractivity contribution is 7.12. The van der Waals surface area contributed by atoms with Crippen LogP contribution in [0.5, 0.6) is 0 Å². The molecule has 2 rings (SSSR count). The summed E-state index contributed by atoms with van der Waals surface area (Å²) >= 11 is 1.35. The average Bonchev–Trinajstić information content (AvgIpc) is 3.00. The lowest BCUT2D eigenvalue weighted by Crippen LogP contribution is -2.16. The Morgan fingerprint density at radius 2 is 1.90 bits per heavy atom. The zero-order valence-corrected chi connectivity index (χ0v) is 11.9. The predicted octanol–water partition coefficient (Wildman–Crippen LogP) is 2.54. The molecule has 0 aliphatic carbocycles. The molecular weight excluding hydrogens is 292 g/mol. The van der Waals surface area contributed by atoms with Crippen molar-refractivity contribution in [3.8, 4) is 0 Å². The Morgan fingerprint density at radius 1 is 1.14 bits per heavy atom. The van der Waals surface area contributed by atoms with Gasteiger partial charge >= 0.3 is 6.09 Å². The number of hydrogen-bond donors (Lipinski definition) is 3. The zero-order valence-electron chi connectivity index (χ0n) is 11.0. The largest absolute Gasteiger partial charge is 0.447 e. The molecule has 0 spiro atoms. The minimum atomic E-state index is -0.661. The Kier molecular flexibility index (Phi) is 5.30. The number of anilines is 2. The van der Waals surface area contributed by atoms with Crippen molar-refractivity contribution in [1.82, 2.24) is 0 Å². The standard InChI is InChI=1S/C14H14N2O4S/c17-6-7-20-14(19)16-11-4-1-3-10(9-11)15-13(18)12-5-2-8-21-12/h1-5,8-9,17H,6-7H2,(H,15,18)(H,16,19). The third kappa shape index (κ3) is 4.59. The van der Waals surface area contributed by atoms with Gasteiger partial charge in [-0.3, -0.25) is 10.1 Å². The number of benzene rings is 1. The normalized spacial score (nSPS) is 9.95. The molecule has 0 aliphatic heterocycles. The lowest BCUT2D eigenvalue weighted by molar-refractivity contribution is 0.103. The number of hydrogen-bond acceptors (Lipinski definition) is 5. The zero-order chi connectivity index (χ0) is 15.1. The molecule has 0 radical (unpaired) electrons. The van der Waals surface area contributed by atoms with Crippen molar-refractivity contribution in [3.63, 3.8) is 0 Å². The molecule has 0 saturated carbocycles. The van der Waals surface area contributed by atoms with Gasteiger partial charge in [-0.05, 0) is 29.6 Å². The van der Waals surface area contributed by atoms with E-state index in [2.05, 4.69) is 15.4 Å². The number of aliphatic hydroxyl groups excluding tert-OH is 1. The monoisotopic (exact) mass is 306 g/mol. The molecule has 1 aromatic heterocycles. The van der Waals surface area contributed by atoms with Gasteiger partial charge in [0.05, 0.1) is 11.5 Å². The van der Waals surface area contributed by atoms with Gasteiger partial charge in [0.2, 0.25) is 0 Å². The fourth-order valence-corrected chi connectivity index (χ4v) is 2.19. The number of carbonyl (C=O) groups excluding carboxylic acids is 2. The molecule has 0 atom stereocenters. The summed E-state index contributed by atoms with van der Waals surface area (Å²) in [5.74, 6) is -0.204. The van der Waals surface area contributed by atoms with Gasteiger partial charge in [-0.2, -0.15) is 0 Å². The predicted molar refractivity (Wildman–Crippen MR) is 80.8 cm³/mol. The maximum Gasteiger partial charge on any atom is 0.411 e. The maximum atomic E-state index is 11.9. The minimum Gasteiger partial charge on any atom is -0.447 e. The van der Waals surface area contributed by atoms with Crippen LogP contribution in [-0.2, 0) is 4.74 Å². The number of amides is 2. The molecule has 1 heterocycles. The lowest BCUT2D eigenvalue weighted by Gasteiger charge is -2.08. The summed E-state index contributed by atoms with van der Waals surface area (Å²) in [5, 5.41) is 15.6.